The SMILES string of the molecule is CC12CCC(C1)C(C)(C)C2NCC=Cc1ccccc1. The lowest BCUT2D eigenvalue weighted by Gasteiger charge is -2.43. The molecule has 1 N–H and O–H groups in total. The Balaban J connectivity index is 1.60. The highest BCUT2D eigenvalue weighted by Gasteiger charge is 2.58. The lowest BCUT2D eigenvalue weighted by atomic mass is 9.68. The van der Waals surface area contributed by atoms with Gasteiger partial charge in [0.05, 0.1) is 0 Å². The van der Waals surface area contributed by atoms with Crippen molar-refractivity contribution in [3.05, 3.63) is 42.0 Å². The molecule has 0 saturated heterocycles. The van der Waals surface area contributed by atoms with Crippen molar-refractivity contribution in [2.75, 3.05) is 6.54 Å². The van der Waals surface area contributed by atoms with Gasteiger partial charge in [0.15, 0.2) is 0 Å². The van der Waals surface area contributed by atoms with Gasteiger partial charge in [0.25, 0.3) is 0 Å². The molecule has 1 aromatic rings. The van der Waals surface area contributed by atoms with Crippen LogP contribution in [0, 0.1) is 16.7 Å². The molecule has 0 aliphatic heterocycles. The first kappa shape index (κ1) is 13.9. The Morgan fingerprint density at radius 1 is 1.20 bits per heavy atom. The van der Waals surface area contributed by atoms with Crippen molar-refractivity contribution in [2.45, 2.75) is 46.1 Å². The first-order valence-electron chi connectivity index (χ1n) is 7.97. The molecule has 2 bridgehead atoms. The maximum Gasteiger partial charge on any atom is 0.0178 e. The number of hydrogen-bond donors (Lipinski definition) is 1. The molecule has 0 spiro atoms. The van der Waals surface area contributed by atoms with Crippen molar-refractivity contribution in [2.24, 2.45) is 16.7 Å². The van der Waals surface area contributed by atoms with Crippen molar-refractivity contribution in [3.8, 4) is 0 Å². The third-order valence-corrected chi connectivity index (χ3v) is 5.82. The monoisotopic (exact) mass is 269 g/mol. The summed E-state index contributed by atoms with van der Waals surface area (Å²) in [7, 11) is 0. The van der Waals surface area contributed by atoms with Crippen LogP contribution in [0.1, 0.15) is 45.6 Å². The van der Waals surface area contributed by atoms with Gasteiger partial charge in [0.2, 0.25) is 0 Å². The van der Waals surface area contributed by atoms with Gasteiger partial charge in [0, 0.05) is 12.6 Å². The molecule has 0 aromatic heterocycles. The zero-order valence-corrected chi connectivity index (χ0v) is 13.0. The summed E-state index contributed by atoms with van der Waals surface area (Å²) in [5.41, 5.74) is 2.26. The molecule has 0 amide bonds. The number of benzene rings is 1. The zero-order valence-electron chi connectivity index (χ0n) is 13.0. The van der Waals surface area contributed by atoms with Crippen molar-refractivity contribution < 1.29 is 0 Å². The number of nitrogens with one attached hydrogen (secondary N) is 1. The Morgan fingerprint density at radius 3 is 2.60 bits per heavy atom. The summed E-state index contributed by atoms with van der Waals surface area (Å²) in [5, 5.41) is 3.83. The van der Waals surface area contributed by atoms with Crippen LogP contribution in [-0.2, 0) is 0 Å². The maximum atomic E-state index is 3.83. The number of rotatable bonds is 4. The highest BCUT2D eigenvalue weighted by atomic mass is 15.0. The largest absolute Gasteiger partial charge is 0.309 e. The zero-order chi connectivity index (χ0) is 14.2. The molecule has 1 heteroatoms. The minimum absolute atomic E-state index is 0.452. The van der Waals surface area contributed by atoms with E-state index in [1.807, 2.05) is 0 Å². The van der Waals surface area contributed by atoms with Crippen LogP contribution in [0.4, 0.5) is 0 Å². The average Bonchev–Trinajstić information content (AvgIpc) is 2.90. The lowest BCUT2D eigenvalue weighted by molar-refractivity contribution is 0.112. The van der Waals surface area contributed by atoms with Crippen LogP contribution in [0.15, 0.2) is 36.4 Å². The average molecular weight is 269 g/mol. The normalized spacial score (nSPS) is 35.0. The predicted octanol–water partition coefficient (Wildman–Crippen LogP) is 4.50. The van der Waals surface area contributed by atoms with E-state index < -0.39 is 0 Å². The Bertz CT molecular complexity index is 483. The van der Waals surface area contributed by atoms with Gasteiger partial charge in [-0.2, -0.15) is 0 Å². The summed E-state index contributed by atoms with van der Waals surface area (Å²) >= 11 is 0. The van der Waals surface area contributed by atoms with E-state index in [0.717, 1.165) is 12.5 Å². The number of fused-ring (bicyclic) bond motifs is 2. The second-order valence-corrected chi connectivity index (χ2v) is 7.57. The molecule has 108 valence electrons. The van der Waals surface area contributed by atoms with E-state index in [9.17, 15) is 0 Å². The molecule has 2 aliphatic carbocycles. The summed E-state index contributed by atoms with van der Waals surface area (Å²) in [5.74, 6) is 0.920. The lowest BCUT2D eigenvalue weighted by Crippen LogP contribution is -2.50. The van der Waals surface area contributed by atoms with Crippen LogP contribution in [0.2, 0.25) is 0 Å². The molecule has 2 aliphatic rings. The summed E-state index contributed by atoms with van der Waals surface area (Å²) in [6.07, 6.45) is 8.74. The summed E-state index contributed by atoms with van der Waals surface area (Å²) in [6.45, 7) is 8.38. The fourth-order valence-corrected chi connectivity index (χ4v) is 4.76. The van der Waals surface area contributed by atoms with E-state index in [1.54, 1.807) is 0 Å². The quantitative estimate of drug-likeness (QED) is 0.848. The first-order valence-corrected chi connectivity index (χ1v) is 7.97. The summed E-state index contributed by atoms with van der Waals surface area (Å²) in [6, 6.07) is 11.2. The second kappa shape index (κ2) is 5.04. The Kier molecular flexibility index (Phi) is 3.50. The molecule has 1 nitrogen and oxygen atoms in total. The van der Waals surface area contributed by atoms with Crippen molar-refractivity contribution in [1.29, 1.82) is 0 Å². The smallest absolute Gasteiger partial charge is 0.0178 e. The van der Waals surface area contributed by atoms with Crippen LogP contribution < -0.4 is 5.32 Å². The van der Waals surface area contributed by atoms with Gasteiger partial charge in [0.1, 0.15) is 0 Å². The van der Waals surface area contributed by atoms with E-state index >= 15 is 0 Å². The third-order valence-electron chi connectivity index (χ3n) is 5.82. The summed E-state index contributed by atoms with van der Waals surface area (Å²) in [4.78, 5) is 0. The van der Waals surface area contributed by atoms with Crippen LogP contribution in [-0.4, -0.2) is 12.6 Å². The third kappa shape index (κ3) is 2.33. The van der Waals surface area contributed by atoms with E-state index in [0.29, 0.717) is 16.9 Å². The maximum absolute atomic E-state index is 3.83. The highest BCUT2D eigenvalue weighted by Crippen LogP contribution is 2.62. The van der Waals surface area contributed by atoms with Crippen LogP contribution in [0.5, 0.6) is 0 Å². The molecular weight excluding hydrogens is 242 g/mol. The molecule has 0 heterocycles. The van der Waals surface area contributed by atoms with Gasteiger partial charge in [-0.05, 0) is 41.6 Å². The fourth-order valence-electron chi connectivity index (χ4n) is 4.76. The van der Waals surface area contributed by atoms with Crippen molar-refractivity contribution in [1.82, 2.24) is 5.32 Å². The van der Waals surface area contributed by atoms with Gasteiger partial charge >= 0.3 is 0 Å². The molecular formula is C19H27N. The van der Waals surface area contributed by atoms with Gasteiger partial charge in [-0.25, -0.2) is 0 Å². The van der Waals surface area contributed by atoms with E-state index in [2.05, 4.69) is 68.6 Å². The van der Waals surface area contributed by atoms with Gasteiger partial charge in [-0.1, -0.05) is 63.3 Å². The molecule has 3 atom stereocenters. The van der Waals surface area contributed by atoms with Crippen LogP contribution >= 0.6 is 0 Å². The molecule has 3 unspecified atom stereocenters. The molecule has 20 heavy (non-hydrogen) atoms. The minimum atomic E-state index is 0.452. The highest BCUT2D eigenvalue weighted by molar-refractivity contribution is 5.48. The molecule has 2 fully saturated rings. The first-order chi connectivity index (χ1) is 9.52. The Labute approximate surface area is 123 Å². The van der Waals surface area contributed by atoms with E-state index in [4.69, 9.17) is 0 Å². The molecule has 3 rings (SSSR count). The Morgan fingerprint density at radius 2 is 1.95 bits per heavy atom. The second-order valence-electron chi connectivity index (χ2n) is 7.57. The molecule has 1 aromatic carbocycles. The topological polar surface area (TPSA) is 12.0 Å². The van der Waals surface area contributed by atoms with Gasteiger partial charge in [-0.15, -0.1) is 0 Å². The van der Waals surface area contributed by atoms with Gasteiger partial charge < -0.3 is 5.32 Å². The van der Waals surface area contributed by atoms with Crippen LogP contribution in [0.25, 0.3) is 6.08 Å². The van der Waals surface area contributed by atoms with E-state index in [1.165, 1.54) is 24.8 Å². The predicted molar refractivity (Wildman–Crippen MR) is 86.5 cm³/mol. The van der Waals surface area contributed by atoms with Gasteiger partial charge in [-0.3, -0.25) is 0 Å². The Hall–Kier alpha value is -1.08. The van der Waals surface area contributed by atoms with Crippen molar-refractivity contribution >= 4 is 6.08 Å². The minimum Gasteiger partial charge on any atom is -0.309 e. The molecule has 2 saturated carbocycles. The van der Waals surface area contributed by atoms with Crippen LogP contribution in [0.3, 0.4) is 0 Å². The fraction of sp³-hybridized carbons (Fsp3) is 0.579. The number of hydrogen-bond acceptors (Lipinski definition) is 1. The van der Waals surface area contributed by atoms with E-state index in [-0.39, 0.29) is 0 Å². The standard InChI is InChI=1S/C19H27N/c1-18(2)16-11-12-19(3,14-16)17(18)20-13-7-10-15-8-5-4-6-9-15/h4-10,16-17,20H,11-14H2,1-3H3. The summed E-state index contributed by atoms with van der Waals surface area (Å²) < 4.78 is 0. The van der Waals surface area contributed by atoms with Crippen molar-refractivity contribution in [3.63, 3.8) is 0 Å². The molecule has 0 radical (unpaired) electrons.